The highest BCUT2D eigenvalue weighted by molar-refractivity contribution is 4.85. The monoisotopic (exact) mass is 140 g/mol. The van der Waals surface area contributed by atoms with Gasteiger partial charge in [0.1, 0.15) is 0 Å². The molecule has 0 bridgehead atoms. The van der Waals surface area contributed by atoms with Gasteiger partial charge >= 0.3 is 0 Å². The molecule has 0 aliphatic heterocycles. The van der Waals surface area contributed by atoms with E-state index in [1.54, 1.807) is 6.20 Å². The number of hydrogen-bond donors (Lipinski definition) is 1. The van der Waals surface area contributed by atoms with Crippen molar-refractivity contribution < 1.29 is 0 Å². The molecule has 0 radical (unpaired) electrons. The lowest BCUT2D eigenvalue weighted by atomic mass is 10.4. The molecule has 0 atom stereocenters. The van der Waals surface area contributed by atoms with E-state index in [0.29, 0.717) is 0 Å². The van der Waals surface area contributed by atoms with Crippen LogP contribution in [0.4, 0.5) is 0 Å². The zero-order valence-electron chi connectivity index (χ0n) is 6.59. The van der Waals surface area contributed by atoms with Gasteiger partial charge in [-0.15, -0.1) is 0 Å². The number of allylic oxidation sites excluding steroid dienone is 1. The smallest absolute Gasteiger partial charge is 0.0231 e. The Balaban J connectivity index is 3.49. The fourth-order valence-corrected chi connectivity index (χ4v) is 0.692. The Kier molecular flexibility index (Phi) is 5.88. The Hall–Kier alpha value is -0.760. The van der Waals surface area contributed by atoms with E-state index in [-0.39, 0.29) is 0 Å². The lowest BCUT2D eigenvalue weighted by Crippen LogP contribution is -2.14. The Morgan fingerprint density at radius 2 is 2.30 bits per heavy atom. The first kappa shape index (κ1) is 9.24. The van der Waals surface area contributed by atoms with Crippen LogP contribution < -0.4 is 5.73 Å². The standard InChI is InChI=1S/C8H16N2/c1-3-7-10(4-2)8-5-6-9/h3-4,7H,2,5-6,8-9H2,1H3/b7-3-. The maximum absolute atomic E-state index is 5.34. The van der Waals surface area contributed by atoms with E-state index in [2.05, 4.69) is 6.58 Å². The molecule has 0 rings (SSSR count). The van der Waals surface area contributed by atoms with Crippen molar-refractivity contribution in [3.63, 3.8) is 0 Å². The molecule has 0 aliphatic carbocycles. The van der Waals surface area contributed by atoms with E-state index in [4.69, 9.17) is 5.73 Å². The molecule has 0 aromatic carbocycles. The highest BCUT2D eigenvalue weighted by atomic mass is 15.1. The van der Waals surface area contributed by atoms with Crippen molar-refractivity contribution in [1.82, 2.24) is 4.90 Å². The summed E-state index contributed by atoms with van der Waals surface area (Å²) < 4.78 is 0. The van der Waals surface area contributed by atoms with Crippen molar-refractivity contribution in [2.45, 2.75) is 13.3 Å². The van der Waals surface area contributed by atoms with Crippen molar-refractivity contribution in [3.05, 3.63) is 25.1 Å². The molecule has 0 saturated heterocycles. The quantitative estimate of drug-likeness (QED) is 0.624. The number of nitrogens with two attached hydrogens (primary N) is 1. The van der Waals surface area contributed by atoms with Crippen LogP contribution in [-0.2, 0) is 0 Å². The van der Waals surface area contributed by atoms with Crippen LogP contribution in [0.25, 0.3) is 0 Å². The van der Waals surface area contributed by atoms with Gasteiger partial charge in [0.05, 0.1) is 0 Å². The van der Waals surface area contributed by atoms with Crippen LogP contribution in [-0.4, -0.2) is 18.0 Å². The minimum absolute atomic E-state index is 0.738. The predicted octanol–water partition coefficient (Wildman–Crippen LogP) is 1.31. The topological polar surface area (TPSA) is 29.3 Å². The largest absolute Gasteiger partial charge is 0.355 e. The third-order valence-electron chi connectivity index (χ3n) is 1.20. The van der Waals surface area contributed by atoms with E-state index < -0.39 is 0 Å². The summed E-state index contributed by atoms with van der Waals surface area (Å²) in [6.45, 7) is 7.35. The van der Waals surface area contributed by atoms with Gasteiger partial charge in [0, 0.05) is 6.54 Å². The molecule has 58 valence electrons. The highest BCUT2D eigenvalue weighted by Crippen LogP contribution is 1.91. The normalized spacial score (nSPS) is 10.2. The van der Waals surface area contributed by atoms with Crippen molar-refractivity contribution in [1.29, 1.82) is 0 Å². The van der Waals surface area contributed by atoms with Crippen molar-refractivity contribution in [2.75, 3.05) is 13.1 Å². The number of nitrogens with zero attached hydrogens (tertiary/aromatic N) is 1. The average molecular weight is 140 g/mol. The first-order valence-corrected chi connectivity index (χ1v) is 3.56. The summed E-state index contributed by atoms with van der Waals surface area (Å²) in [6, 6.07) is 0. The van der Waals surface area contributed by atoms with Gasteiger partial charge in [0.15, 0.2) is 0 Å². The van der Waals surface area contributed by atoms with E-state index in [0.717, 1.165) is 19.5 Å². The summed E-state index contributed by atoms with van der Waals surface area (Å²) in [5.74, 6) is 0. The van der Waals surface area contributed by atoms with E-state index in [1.807, 2.05) is 24.1 Å². The van der Waals surface area contributed by atoms with Crippen molar-refractivity contribution >= 4 is 0 Å². The molecular formula is C8H16N2. The van der Waals surface area contributed by atoms with Gasteiger partial charge in [0.25, 0.3) is 0 Å². The molecule has 0 aliphatic rings. The van der Waals surface area contributed by atoms with E-state index in [9.17, 15) is 0 Å². The Labute approximate surface area is 63.0 Å². The summed E-state index contributed by atoms with van der Waals surface area (Å²) in [4.78, 5) is 2.02. The predicted molar refractivity (Wildman–Crippen MR) is 45.4 cm³/mol. The van der Waals surface area contributed by atoms with Crippen LogP contribution in [0.5, 0.6) is 0 Å². The lowest BCUT2D eigenvalue weighted by molar-refractivity contribution is 0.493. The minimum atomic E-state index is 0.738. The van der Waals surface area contributed by atoms with Crippen LogP contribution in [0, 0.1) is 0 Å². The summed E-state index contributed by atoms with van der Waals surface area (Å²) in [5.41, 5.74) is 5.34. The van der Waals surface area contributed by atoms with Gasteiger partial charge < -0.3 is 10.6 Å². The third kappa shape index (κ3) is 4.15. The Bertz CT molecular complexity index is 108. The fraction of sp³-hybridized carbons (Fsp3) is 0.500. The van der Waals surface area contributed by atoms with Crippen LogP contribution in [0.1, 0.15) is 13.3 Å². The first-order chi connectivity index (χ1) is 4.85. The third-order valence-corrected chi connectivity index (χ3v) is 1.20. The molecule has 0 spiro atoms. The SMILES string of the molecule is C=CN(/C=C\C)CCCN. The highest BCUT2D eigenvalue weighted by Gasteiger charge is 1.89. The molecule has 2 N–H and O–H groups in total. The zero-order chi connectivity index (χ0) is 7.82. The van der Waals surface area contributed by atoms with E-state index in [1.165, 1.54) is 0 Å². The Morgan fingerprint density at radius 3 is 2.70 bits per heavy atom. The maximum Gasteiger partial charge on any atom is 0.0231 e. The van der Waals surface area contributed by atoms with Crippen LogP contribution in [0.3, 0.4) is 0 Å². The summed E-state index contributed by atoms with van der Waals surface area (Å²) >= 11 is 0. The van der Waals surface area contributed by atoms with Gasteiger partial charge in [-0.2, -0.15) is 0 Å². The van der Waals surface area contributed by atoms with Gasteiger partial charge in [-0.3, -0.25) is 0 Å². The molecular weight excluding hydrogens is 124 g/mol. The van der Waals surface area contributed by atoms with Crippen LogP contribution in [0.15, 0.2) is 25.1 Å². The van der Waals surface area contributed by atoms with Gasteiger partial charge in [-0.05, 0) is 32.3 Å². The van der Waals surface area contributed by atoms with Crippen LogP contribution >= 0.6 is 0 Å². The molecule has 2 nitrogen and oxygen atoms in total. The first-order valence-electron chi connectivity index (χ1n) is 3.56. The van der Waals surface area contributed by atoms with Crippen molar-refractivity contribution in [3.8, 4) is 0 Å². The average Bonchev–Trinajstić information content (AvgIpc) is 1.98. The summed E-state index contributed by atoms with van der Waals surface area (Å²) in [5, 5.41) is 0. The fourth-order valence-electron chi connectivity index (χ4n) is 0.692. The molecule has 0 amide bonds. The van der Waals surface area contributed by atoms with E-state index >= 15 is 0 Å². The molecule has 2 heteroatoms. The second kappa shape index (κ2) is 6.36. The molecule has 0 fully saturated rings. The summed E-state index contributed by atoms with van der Waals surface area (Å²) in [6.07, 6.45) is 6.78. The molecule has 0 heterocycles. The number of hydrogen-bond acceptors (Lipinski definition) is 2. The molecule has 0 saturated carbocycles. The molecule has 0 aromatic rings. The van der Waals surface area contributed by atoms with Gasteiger partial charge in [-0.25, -0.2) is 0 Å². The maximum atomic E-state index is 5.34. The lowest BCUT2D eigenvalue weighted by Gasteiger charge is -2.12. The molecule has 0 aromatic heterocycles. The number of rotatable bonds is 5. The second-order valence-corrected chi connectivity index (χ2v) is 2.05. The summed E-state index contributed by atoms with van der Waals surface area (Å²) in [7, 11) is 0. The van der Waals surface area contributed by atoms with Gasteiger partial charge in [-0.1, -0.05) is 12.7 Å². The minimum Gasteiger partial charge on any atom is -0.355 e. The zero-order valence-corrected chi connectivity index (χ0v) is 6.59. The molecule has 10 heavy (non-hydrogen) atoms. The van der Waals surface area contributed by atoms with Gasteiger partial charge in [0.2, 0.25) is 0 Å². The Morgan fingerprint density at radius 1 is 1.60 bits per heavy atom. The molecule has 0 unspecified atom stereocenters. The second-order valence-electron chi connectivity index (χ2n) is 2.05. The van der Waals surface area contributed by atoms with Crippen molar-refractivity contribution in [2.24, 2.45) is 5.73 Å². The van der Waals surface area contributed by atoms with Crippen LogP contribution in [0.2, 0.25) is 0 Å².